The number of hydrogen-bond acceptors (Lipinski definition) is 3. The van der Waals surface area contributed by atoms with Gasteiger partial charge in [0.05, 0.1) is 6.42 Å². The van der Waals surface area contributed by atoms with Gasteiger partial charge < -0.3 is 5.11 Å². The number of aliphatic hydroxyl groups is 1. The second-order valence-electron chi connectivity index (χ2n) is 15.0. The predicted molar refractivity (Wildman–Crippen MR) is 131 cm³/mol. The molecule has 3 heteroatoms. The van der Waals surface area contributed by atoms with Crippen molar-refractivity contribution in [1.82, 2.24) is 0 Å². The van der Waals surface area contributed by atoms with Gasteiger partial charge >= 0.3 is 0 Å². The maximum atomic E-state index is 13.5. The zero-order chi connectivity index (χ0) is 24.2. The van der Waals surface area contributed by atoms with Crippen LogP contribution in [0.15, 0.2) is 0 Å². The Bertz CT molecular complexity index is 861. The Morgan fingerprint density at radius 1 is 0.818 bits per heavy atom. The molecule has 0 heterocycles. The number of fused-ring (bicyclic) bond motifs is 7. The lowest BCUT2D eigenvalue weighted by Crippen LogP contribution is -2.68. The number of Topliss-reactive ketones (excluding diaryl/α,β-unsaturated/α-hetero) is 2. The molecule has 5 rings (SSSR count). The Morgan fingerprint density at radius 3 is 2.18 bits per heavy atom. The Balaban J connectivity index is 1.56. The molecule has 0 spiro atoms. The van der Waals surface area contributed by atoms with Gasteiger partial charge in [-0.15, -0.1) is 0 Å². The number of carbonyl (C=O) groups is 2. The molecule has 3 nitrogen and oxygen atoms in total. The SMILES string of the molecule is CC1C(=O)CC(=O)C2C1(C)CCC1C2(C)CCC2(C)C3CC(C)(C)CC(CO)C3CCC12C. The second-order valence-corrected chi connectivity index (χ2v) is 15.0. The molecular formula is C30H48O3. The molecule has 10 unspecified atom stereocenters. The van der Waals surface area contributed by atoms with Crippen LogP contribution in [0.25, 0.3) is 0 Å². The van der Waals surface area contributed by atoms with E-state index in [9.17, 15) is 14.7 Å². The largest absolute Gasteiger partial charge is 0.396 e. The molecule has 0 amide bonds. The summed E-state index contributed by atoms with van der Waals surface area (Å²) >= 11 is 0. The molecule has 0 aliphatic heterocycles. The maximum absolute atomic E-state index is 13.5. The van der Waals surface area contributed by atoms with Crippen molar-refractivity contribution in [3.8, 4) is 0 Å². The maximum Gasteiger partial charge on any atom is 0.144 e. The van der Waals surface area contributed by atoms with Crippen molar-refractivity contribution in [1.29, 1.82) is 0 Å². The lowest BCUT2D eigenvalue weighted by Gasteiger charge is -2.73. The third-order valence-corrected chi connectivity index (χ3v) is 13.2. The van der Waals surface area contributed by atoms with Crippen LogP contribution in [0.1, 0.15) is 106 Å². The van der Waals surface area contributed by atoms with E-state index in [-0.39, 0.29) is 56.9 Å². The van der Waals surface area contributed by atoms with Crippen molar-refractivity contribution >= 4 is 11.6 Å². The van der Waals surface area contributed by atoms with Crippen LogP contribution in [0.3, 0.4) is 0 Å². The zero-order valence-electron chi connectivity index (χ0n) is 22.3. The lowest BCUT2D eigenvalue weighted by molar-refractivity contribution is -0.244. The Hall–Kier alpha value is -0.700. The van der Waals surface area contributed by atoms with Crippen LogP contribution < -0.4 is 0 Å². The first-order valence-electron chi connectivity index (χ1n) is 13.9. The molecule has 1 N–H and O–H groups in total. The molecular weight excluding hydrogens is 408 g/mol. The van der Waals surface area contributed by atoms with Crippen LogP contribution in [0, 0.1) is 62.6 Å². The fourth-order valence-corrected chi connectivity index (χ4v) is 11.3. The highest BCUT2D eigenvalue weighted by atomic mass is 16.3. The minimum atomic E-state index is -0.173. The molecule has 0 aromatic heterocycles. The normalized spacial score (nSPS) is 55.8. The summed E-state index contributed by atoms with van der Waals surface area (Å²) < 4.78 is 0. The van der Waals surface area contributed by atoms with Crippen molar-refractivity contribution in [2.75, 3.05) is 6.61 Å². The van der Waals surface area contributed by atoms with Crippen LogP contribution in [-0.2, 0) is 9.59 Å². The number of rotatable bonds is 1. The summed E-state index contributed by atoms with van der Waals surface area (Å²) in [5.41, 5.74) is 0.602. The van der Waals surface area contributed by atoms with Crippen LogP contribution in [-0.4, -0.2) is 23.3 Å². The molecule has 0 aromatic rings. The molecule has 5 fully saturated rings. The molecule has 5 saturated carbocycles. The van der Waals surface area contributed by atoms with Gasteiger partial charge in [-0.2, -0.15) is 0 Å². The summed E-state index contributed by atoms with van der Waals surface area (Å²) in [6.45, 7) is 17.2. The van der Waals surface area contributed by atoms with E-state index in [1.165, 1.54) is 25.7 Å². The van der Waals surface area contributed by atoms with Gasteiger partial charge in [0.1, 0.15) is 11.6 Å². The topological polar surface area (TPSA) is 54.4 Å². The summed E-state index contributed by atoms with van der Waals surface area (Å²) in [6.07, 6.45) is 9.52. The Labute approximate surface area is 201 Å². The van der Waals surface area contributed by atoms with Crippen molar-refractivity contribution in [2.24, 2.45) is 62.6 Å². The average molecular weight is 457 g/mol. The summed E-state index contributed by atoms with van der Waals surface area (Å²) in [7, 11) is 0. The summed E-state index contributed by atoms with van der Waals surface area (Å²) in [4.78, 5) is 26.2. The smallest absolute Gasteiger partial charge is 0.144 e. The average Bonchev–Trinajstić information content (AvgIpc) is 2.72. The second kappa shape index (κ2) is 7.17. The fraction of sp³-hybridized carbons (Fsp3) is 0.933. The first-order valence-corrected chi connectivity index (χ1v) is 13.9. The van der Waals surface area contributed by atoms with Crippen LogP contribution >= 0.6 is 0 Å². The highest BCUT2D eigenvalue weighted by Crippen LogP contribution is 2.76. The van der Waals surface area contributed by atoms with E-state index < -0.39 is 0 Å². The molecule has 0 saturated heterocycles. The molecule has 10 atom stereocenters. The standard InChI is InChI=1S/C30H48O3/c1-18-22(32)14-23(33)25-27(18,4)10-9-24-28(25,5)12-13-29(6)21-16-26(2,3)15-19(17-31)20(21)8-11-30(24,29)7/h18-21,24-25,31H,8-17H2,1-7H3. The minimum absolute atomic E-state index is 0.000663. The van der Waals surface area contributed by atoms with E-state index in [0.29, 0.717) is 30.3 Å². The van der Waals surface area contributed by atoms with Crippen LogP contribution in [0.4, 0.5) is 0 Å². The highest BCUT2D eigenvalue weighted by molar-refractivity contribution is 6.04. The van der Waals surface area contributed by atoms with Gasteiger partial charge in [-0.3, -0.25) is 9.59 Å². The van der Waals surface area contributed by atoms with Crippen molar-refractivity contribution < 1.29 is 14.7 Å². The van der Waals surface area contributed by atoms with E-state index in [4.69, 9.17) is 0 Å². The number of hydrogen-bond donors (Lipinski definition) is 1. The molecule has 0 aromatic carbocycles. The summed E-state index contributed by atoms with van der Waals surface area (Å²) in [5, 5.41) is 10.3. The monoisotopic (exact) mass is 456 g/mol. The highest BCUT2D eigenvalue weighted by Gasteiger charge is 2.71. The predicted octanol–water partition coefficient (Wildman–Crippen LogP) is 6.46. The first kappa shape index (κ1) is 24.0. The Morgan fingerprint density at radius 2 is 1.52 bits per heavy atom. The summed E-state index contributed by atoms with van der Waals surface area (Å²) in [5.74, 6) is 2.74. The van der Waals surface area contributed by atoms with Gasteiger partial charge in [0.15, 0.2) is 0 Å². The number of carbonyl (C=O) groups excluding carboxylic acids is 2. The van der Waals surface area contributed by atoms with E-state index in [1.54, 1.807) is 0 Å². The van der Waals surface area contributed by atoms with Crippen LogP contribution in [0.2, 0.25) is 0 Å². The fourth-order valence-electron chi connectivity index (χ4n) is 11.3. The van der Waals surface area contributed by atoms with Gasteiger partial charge in [-0.1, -0.05) is 48.5 Å². The molecule has 5 aliphatic rings. The molecule has 0 radical (unpaired) electrons. The molecule has 186 valence electrons. The number of aliphatic hydroxyl groups excluding tert-OH is 1. The molecule has 5 aliphatic carbocycles. The minimum Gasteiger partial charge on any atom is -0.396 e. The van der Waals surface area contributed by atoms with Crippen molar-refractivity contribution in [3.63, 3.8) is 0 Å². The third kappa shape index (κ3) is 2.96. The molecule has 33 heavy (non-hydrogen) atoms. The van der Waals surface area contributed by atoms with Gasteiger partial charge in [0, 0.05) is 18.4 Å². The van der Waals surface area contributed by atoms with Gasteiger partial charge in [-0.25, -0.2) is 0 Å². The van der Waals surface area contributed by atoms with Crippen molar-refractivity contribution in [3.05, 3.63) is 0 Å². The van der Waals surface area contributed by atoms with E-state index in [1.807, 2.05) is 0 Å². The first-order chi connectivity index (χ1) is 15.2. The van der Waals surface area contributed by atoms with Crippen molar-refractivity contribution in [2.45, 2.75) is 106 Å². The quantitative estimate of drug-likeness (QED) is 0.460. The zero-order valence-corrected chi connectivity index (χ0v) is 22.3. The van der Waals surface area contributed by atoms with Crippen LogP contribution in [0.5, 0.6) is 0 Å². The van der Waals surface area contributed by atoms with E-state index in [0.717, 1.165) is 25.7 Å². The van der Waals surface area contributed by atoms with E-state index >= 15 is 0 Å². The number of ketones is 2. The Kier molecular flexibility index (Phi) is 5.22. The van der Waals surface area contributed by atoms with E-state index in [2.05, 4.69) is 48.5 Å². The van der Waals surface area contributed by atoms with Gasteiger partial charge in [0.2, 0.25) is 0 Å². The van der Waals surface area contributed by atoms with Gasteiger partial charge in [0.25, 0.3) is 0 Å². The lowest BCUT2D eigenvalue weighted by atomic mass is 9.31. The summed E-state index contributed by atoms with van der Waals surface area (Å²) in [6, 6.07) is 0. The molecule has 0 bridgehead atoms. The van der Waals surface area contributed by atoms with Gasteiger partial charge in [-0.05, 0) is 102 Å². The third-order valence-electron chi connectivity index (χ3n) is 13.2.